The predicted octanol–water partition coefficient (Wildman–Crippen LogP) is 2.79. The lowest BCUT2D eigenvalue weighted by atomic mass is 9.99. The van der Waals surface area contributed by atoms with Crippen LogP contribution in [0.25, 0.3) is 0 Å². The minimum Gasteiger partial charge on any atom is -0.339 e. The Morgan fingerprint density at radius 2 is 1.81 bits per heavy atom. The van der Waals surface area contributed by atoms with Crippen LogP contribution in [0.1, 0.15) is 59.1 Å². The Bertz CT molecular complexity index is 670. The molecule has 1 unspecified atom stereocenters. The molecule has 3 heterocycles. The van der Waals surface area contributed by atoms with E-state index in [1.54, 1.807) is 11.3 Å². The average Bonchev–Trinajstić information content (AvgIpc) is 3.12. The lowest BCUT2D eigenvalue weighted by Crippen LogP contribution is -2.53. The van der Waals surface area contributed by atoms with Crippen LogP contribution in [0.15, 0.2) is 6.07 Å². The van der Waals surface area contributed by atoms with Gasteiger partial charge in [0.05, 0.1) is 11.4 Å². The summed E-state index contributed by atoms with van der Waals surface area (Å²) < 4.78 is 0. The second-order valence-electron chi connectivity index (χ2n) is 8.27. The standard InChI is InChI=1S/C21H31N3O2S/c1-16-6-4-5-9-24(16)20(25)15-22-10-12-23(13-11-22)21(26)19-14-17-7-2-3-8-18(17)27-19/h14,16H,2-13,15H2,1H3. The molecule has 148 valence electrons. The normalized spacial score (nSPS) is 24.0. The highest BCUT2D eigenvalue weighted by molar-refractivity contribution is 7.14. The van der Waals surface area contributed by atoms with Crippen molar-refractivity contribution in [3.63, 3.8) is 0 Å². The number of piperazine rings is 1. The zero-order valence-electron chi connectivity index (χ0n) is 16.4. The minimum atomic E-state index is 0.185. The van der Waals surface area contributed by atoms with E-state index in [4.69, 9.17) is 0 Å². The number of hydrogen-bond donors (Lipinski definition) is 0. The van der Waals surface area contributed by atoms with Gasteiger partial charge in [0.25, 0.3) is 5.91 Å². The van der Waals surface area contributed by atoms with Crippen LogP contribution in [0, 0.1) is 0 Å². The summed E-state index contributed by atoms with van der Waals surface area (Å²) >= 11 is 1.70. The summed E-state index contributed by atoms with van der Waals surface area (Å²) in [4.78, 5) is 34.1. The number of nitrogens with zero attached hydrogens (tertiary/aromatic N) is 3. The van der Waals surface area contributed by atoms with E-state index >= 15 is 0 Å². The maximum atomic E-state index is 12.9. The number of amides is 2. The number of rotatable bonds is 3. The molecular weight excluding hydrogens is 358 g/mol. The summed E-state index contributed by atoms with van der Waals surface area (Å²) in [5, 5.41) is 0. The summed E-state index contributed by atoms with van der Waals surface area (Å²) in [6.07, 6.45) is 8.26. The first-order valence-electron chi connectivity index (χ1n) is 10.5. The number of carbonyl (C=O) groups is 2. The van der Waals surface area contributed by atoms with E-state index in [9.17, 15) is 9.59 Å². The van der Waals surface area contributed by atoms with Crippen molar-refractivity contribution in [1.29, 1.82) is 0 Å². The van der Waals surface area contributed by atoms with Crippen LogP contribution in [0.2, 0.25) is 0 Å². The largest absolute Gasteiger partial charge is 0.339 e. The molecule has 2 saturated heterocycles. The fraction of sp³-hybridized carbons (Fsp3) is 0.714. The SMILES string of the molecule is CC1CCCCN1C(=O)CN1CCN(C(=O)c2cc3c(s2)CCCC3)CC1. The average molecular weight is 390 g/mol. The zero-order chi connectivity index (χ0) is 18.8. The number of carbonyl (C=O) groups excluding carboxylic acids is 2. The van der Waals surface area contributed by atoms with Crippen molar-refractivity contribution in [3.8, 4) is 0 Å². The zero-order valence-corrected chi connectivity index (χ0v) is 17.2. The van der Waals surface area contributed by atoms with E-state index in [1.165, 1.54) is 29.7 Å². The van der Waals surface area contributed by atoms with Crippen molar-refractivity contribution in [2.45, 2.75) is 57.9 Å². The fourth-order valence-electron chi connectivity index (χ4n) is 4.61. The Hall–Kier alpha value is -1.40. The molecule has 6 heteroatoms. The number of thiophene rings is 1. The van der Waals surface area contributed by atoms with Crippen molar-refractivity contribution in [1.82, 2.24) is 14.7 Å². The van der Waals surface area contributed by atoms with Gasteiger partial charge < -0.3 is 9.80 Å². The van der Waals surface area contributed by atoms with Gasteiger partial charge in [-0.1, -0.05) is 0 Å². The van der Waals surface area contributed by atoms with E-state index in [0.717, 1.165) is 63.3 Å². The molecule has 5 nitrogen and oxygen atoms in total. The number of aryl methyl sites for hydroxylation is 2. The summed E-state index contributed by atoms with van der Waals surface area (Å²) in [7, 11) is 0. The van der Waals surface area contributed by atoms with Crippen LogP contribution in [0.5, 0.6) is 0 Å². The van der Waals surface area contributed by atoms with Gasteiger partial charge in [0, 0.05) is 43.6 Å². The first kappa shape index (κ1) is 18.9. The predicted molar refractivity (Wildman–Crippen MR) is 108 cm³/mol. The molecule has 4 rings (SSSR count). The van der Waals surface area contributed by atoms with Crippen LogP contribution < -0.4 is 0 Å². The lowest BCUT2D eigenvalue weighted by Gasteiger charge is -2.38. The number of hydrogen-bond acceptors (Lipinski definition) is 4. The highest BCUT2D eigenvalue weighted by Crippen LogP contribution is 2.30. The molecular formula is C21H31N3O2S. The summed E-state index contributed by atoms with van der Waals surface area (Å²) in [5.74, 6) is 0.443. The van der Waals surface area contributed by atoms with Gasteiger partial charge in [-0.3, -0.25) is 14.5 Å². The van der Waals surface area contributed by atoms with Crippen molar-refractivity contribution in [3.05, 3.63) is 21.4 Å². The topological polar surface area (TPSA) is 43.9 Å². The van der Waals surface area contributed by atoms with Crippen molar-refractivity contribution in [2.24, 2.45) is 0 Å². The molecule has 2 amide bonds. The highest BCUT2D eigenvalue weighted by atomic mass is 32.1. The van der Waals surface area contributed by atoms with Gasteiger partial charge in [0.15, 0.2) is 0 Å². The second-order valence-corrected chi connectivity index (χ2v) is 9.40. The Labute approximate surface area is 166 Å². The molecule has 0 spiro atoms. The highest BCUT2D eigenvalue weighted by Gasteiger charge is 2.28. The third-order valence-corrected chi connectivity index (χ3v) is 7.57. The minimum absolute atomic E-state index is 0.185. The third-order valence-electron chi connectivity index (χ3n) is 6.35. The van der Waals surface area contributed by atoms with Crippen LogP contribution in [0.4, 0.5) is 0 Å². The molecule has 0 radical (unpaired) electrons. The summed E-state index contributed by atoms with van der Waals surface area (Å²) in [5.41, 5.74) is 1.40. The van der Waals surface area contributed by atoms with Gasteiger partial charge in [-0.15, -0.1) is 11.3 Å². The molecule has 1 atom stereocenters. The van der Waals surface area contributed by atoms with E-state index in [1.807, 2.05) is 4.90 Å². The van der Waals surface area contributed by atoms with E-state index in [-0.39, 0.29) is 11.8 Å². The Morgan fingerprint density at radius 3 is 2.56 bits per heavy atom. The Kier molecular flexibility index (Phi) is 5.83. The molecule has 27 heavy (non-hydrogen) atoms. The van der Waals surface area contributed by atoms with Crippen LogP contribution in [-0.2, 0) is 17.6 Å². The van der Waals surface area contributed by atoms with Gasteiger partial charge in [0.1, 0.15) is 0 Å². The summed E-state index contributed by atoms with van der Waals surface area (Å²) in [6.45, 7) is 6.61. The van der Waals surface area contributed by atoms with Gasteiger partial charge in [-0.2, -0.15) is 0 Å². The van der Waals surface area contributed by atoms with E-state index < -0.39 is 0 Å². The van der Waals surface area contributed by atoms with Crippen molar-refractivity contribution < 1.29 is 9.59 Å². The van der Waals surface area contributed by atoms with Gasteiger partial charge in [0.2, 0.25) is 5.91 Å². The molecule has 3 aliphatic rings. The molecule has 0 saturated carbocycles. The smallest absolute Gasteiger partial charge is 0.264 e. The Morgan fingerprint density at radius 1 is 1.04 bits per heavy atom. The molecule has 0 aromatic carbocycles. The first-order chi connectivity index (χ1) is 13.1. The third kappa shape index (κ3) is 4.21. The second kappa shape index (κ2) is 8.31. The number of likely N-dealkylation sites (tertiary alicyclic amines) is 1. The van der Waals surface area contributed by atoms with Gasteiger partial charge in [-0.05, 0) is 63.5 Å². The van der Waals surface area contributed by atoms with Crippen molar-refractivity contribution >= 4 is 23.2 Å². The van der Waals surface area contributed by atoms with Gasteiger partial charge in [-0.25, -0.2) is 0 Å². The molecule has 1 aliphatic carbocycles. The molecule has 1 aromatic heterocycles. The summed E-state index contributed by atoms with van der Waals surface area (Å²) in [6, 6.07) is 2.51. The Balaban J connectivity index is 1.29. The van der Waals surface area contributed by atoms with E-state index in [2.05, 4.69) is 22.8 Å². The maximum absolute atomic E-state index is 12.9. The quantitative estimate of drug-likeness (QED) is 0.798. The fourth-order valence-corrected chi connectivity index (χ4v) is 5.83. The van der Waals surface area contributed by atoms with Crippen LogP contribution in [0.3, 0.4) is 0 Å². The number of piperidine rings is 1. The molecule has 0 bridgehead atoms. The number of fused-ring (bicyclic) bond motifs is 1. The van der Waals surface area contributed by atoms with Crippen LogP contribution >= 0.6 is 11.3 Å². The van der Waals surface area contributed by atoms with Crippen LogP contribution in [-0.4, -0.2) is 71.8 Å². The lowest BCUT2D eigenvalue weighted by molar-refractivity contribution is -0.136. The molecule has 2 fully saturated rings. The monoisotopic (exact) mass is 389 g/mol. The maximum Gasteiger partial charge on any atom is 0.264 e. The molecule has 0 N–H and O–H groups in total. The van der Waals surface area contributed by atoms with E-state index in [0.29, 0.717) is 12.6 Å². The molecule has 2 aliphatic heterocycles. The molecule has 1 aromatic rings. The van der Waals surface area contributed by atoms with Crippen molar-refractivity contribution in [2.75, 3.05) is 39.3 Å². The first-order valence-corrected chi connectivity index (χ1v) is 11.4. The van der Waals surface area contributed by atoms with Gasteiger partial charge >= 0.3 is 0 Å².